The number of aryl methyl sites for hydroxylation is 2. The first-order valence-electron chi connectivity index (χ1n) is 20.0. The summed E-state index contributed by atoms with van der Waals surface area (Å²) in [5.74, 6) is 1.03. The molecule has 0 saturated heterocycles. The molecule has 10 nitrogen and oxygen atoms in total. The molecule has 1 aliphatic carbocycles. The van der Waals surface area contributed by atoms with E-state index in [9.17, 15) is 9.59 Å². The zero-order valence-corrected chi connectivity index (χ0v) is 35.6. The summed E-state index contributed by atoms with van der Waals surface area (Å²) in [6.45, 7) is 17.4. The minimum absolute atomic E-state index is 0.0660. The topological polar surface area (TPSA) is 135 Å². The molecule has 304 valence electrons. The van der Waals surface area contributed by atoms with Crippen LogP contribution in [0.2, 0.25) is 5.22 Å². The maximum Gasteiger partial charge on any atom is 0.252 e. The molecule has 11 heteroatoms. The average molecular weight is 812 g/mol. The molecule has 2 aliphatic rings. The van der Waals surface area contributed by atoms with Crippen LogP contribution >= 0.6 is 11.6 Å². The van der Waals surface area contributed by atoms with Crippen LogP contribution in [0.4, 0.5) is 5.69 Å². The predicted molar refractivity (Wildman–Crippen MR) is 235 cm³/mol. The van der Waals surface area contributed by atoms with Crippen LogP contribution in [-0.2, 0) is 11.2 Å². The van der Waals surface area contributed by atoms with Crippen molar-refractivity contribution in [3.05, 3.63) is 124 Å². The Labute approximate surface area is 349 Å². The molecule has 0 saturated carbocycles. The number of carbonyl (C=O) groups excluding carboxylic acids is 2. The van der Waals surface area contributed by atoms with E-state index >= 15 is 0 Å². The second kappa shape index (κ2) is 16.6. The van der Waals surface area contributed by atoms with Crippen LogP contribution in [0, 0.1) is 13.8 Å². The maximum absolute atomic E-state index is 14.5. The minimum atomic E-state index is -0.741. The summed E-state index contributed by atoms with van der Waals surface area (Å²) in [7, 11) is 0. The van der Waals surface area contributed by atoms with Gasteiger partial charge in [0.2, 0.25) is 5.91 Å². The highest BCUT2D eigenvalue weighted by Gasteiger charge is 2.33. The lowest BCUT2D eigenvalue weighted by atomic mass is 9.85. The molecule has 0 atom stereocenters. The summed E-state index contributed by atoms with van der Waals surface area (Å²) < 4.78 is 18.0. The third-order valence-electron chi connectivity index (χ3n) is 10.3. The van der Waals surface area contributed by atoms with E-state index in [1.165, 1.54) is 0 Å². The fraction of sp³-hybridized carbons (Fsp3) is 0.292. The Hall–Kier alpha value is -6.13. The second-order valence-electron chi connectivity index (χ2n) is 16.2. The summed E-state index contributed by atoms with van der Waals surface area (Å²) in [6, 6.07) is 28.9. The van der Waals surface area contributed by atoms with Gasteiger partial charge in [-0.05, 0) is 126 Å². The minimum Gasteiger partial charge on any atom is -0.456 e. The first kappa shape index (κ1) is 41.0. The number of nitrogens with zero attached hydrogens (tertiary/aromatic N) is 2. The number of halogens is 1. The number of fused-ring (bicyclic) bond motifs is 2. The fourth-order valence-electron chi connectivity index (χ4n) is 8.19. The van der Waals surface area contributed by atoms with Crippen molar-refractivity contribution in [1.29, 1.82) is 0 Å². The first-order valence-corrected chi connectivity index (χ1v) is 20.3. The number of aromatic nitrogens is 1. The Bertz CT molecular complexity index is 2710. The molecular formula is C48H50ClN5O5. The lowest BCUT2D eigenvalue weighted by molar-refractivity contribution is -0.122. The third-order valence-corrected chi connectivity index (χ3v) is 10.5. The van der Waals surface area contributed by atoms with E-state index in [4.69, 9.17) is 30.0 Å². The van der Waals surface area contributed by atoms with E-state index in [0.717, 1.165) is 56.4 Å². The van der Waals surface area contributed by atoms with Gasteiger partial charge in [0, 0.05) is 64.1 Å². The van der Waals surface area contributed by atoms with Gasteiger partial charge in [0.05, 0.1) is 17.3 Å². The van der Waals surface area contributed by atoms with Crippen LogP contribution in [0.15, 0.2) is 109 Å². The zero-order valence-electron chi connectivity index (χ0n) is 34.8. The molecule has 2 aromatic heterocycles. The molecule has 2 amide bonds. The molecule has 3 heterocycles. The van der Waals surface area contributed by atoms with Gasteiger partial charge in [-0.1, -0.05) is 53.7 Å². The molecule has 0 spiro atoms. The van der Waals surface area contributed by atoms with Gasteiger partial charge in [0.25, 0.3) is 5.91 Å². The number of benzene rings is 4. The van der Waals surface area contributed by atoms with Gasteiger partial charge < -0.3 is 29.3 Å². The summed E-state index contributed by atoms with van der Waals surface area (Å²) in [6.07, 6.45) is 0.354. The lowest BCUT2D eigenvalue weighted by Gasteiger charge is -2.36. The van der Waals surface area contributed by atoms with Crippen molar-refractivity contribution in [1.82, 2.24) is 15.8 Å². The second-order valence-corrected chi connectivity index (χ2v) is 16.6. The van der Waals surface area contributed by atoms with Crippen LogP contribution in [0.1, 0.15) is 75.2 Å². The van der Waals surface area contributed by atoms with Gasteiger partial charge in [-0.2, -0.15) is 0 Å². The quantitative estimate of drug-likeness (QED) is 0.0987. The fourth-order valence-corrected chi connectivity index (χ4v) is 8.34. The third kappa shape index (κ3) is 8.83. The standard InChI is InChI=1S/C48H50ClN5O5/c1-9-50-35-24-38-33(22-28(35)3)44(34-23-29(4)36(51-10-2)25-39(34)57-38)31-18-14-15-19-32(31)46(56)53-48(7,8)27-47(5,6)52-42(55)26-40-43(30-16-12-11-13-17-30)45(54-59-40)37-20-21-41(49)58-37/h11-25,50H,9-10,26-27H2,1-8H3,(H,52,55)(H,53,56)/b51-36+. The van der Waals surface area contributed by atoms with Gasteiger partial charge in [0.1, 0.15) is 11.3 Å². The average Bonchev–Trinajstić information content (AvgIpc) is 3.80. The predicted octanol–water partition coefficient (Wildman–Crippen LogP) is 10.8. The van der Waals surface area contributed by atoms with Gasteiger partial charge in [-0.3, -0.25) is 14.6 Å². The Kier molecular flexibility index (Phi) is 11.6. The molecule has 5 aromatic rings. The normalized spacial score (nSPS) is 12.3. The molecule has 1 aliphatic heterocycles. The van der Waals surface area contributed by atoms with E-state index < -0.39 is 11.1 Å². The molecule has 3 N–H and O–H groups in total. The molecule has 59 heavy (non-hydrogen) atoms. The highest BCUT2D eigenvalue weighted by Crippen LogP contribution is 2.43. The van der Waals surface area contributed by atoms with E-state index in [2.05, 4.69) is 47.1 Å². The van der Waals surface area contributed by atoms with Crippen molar-refractivity contribution in [2.24, 2.45) is 4.99 Å². The molecule has 0 unspecified atom stereocenters. The molecule has 3 aromatic carbocycles. The van der Waals surface area contributed by atoms with Gasteiger partial charge in [-0.15, -0.1) is 0 Å². The van der Waals surface area contributed by atoms with E-state index in [0.29, 0.717) is 52.7 Å². The Morgan fingerprint density at radius 1 is 0.780 bits per heavy atom. The monoisotopic (exact) mass is 811 g/mol. The van der Waals surface area contributed by atoms with Crippen molar-refractivity contribution in [2.45, 2.75) is 79.3 Å². The van der Waals surface area contributed by atoms with Crippen molar-refractivity contribution in [2.75, 3.05) is 18.4 Å². The summed E-state index contributed by atoms with van der Waals surface area (Å²) in [4.78, 5) is 32.9. The lowest BCUT2D eigenvalue weighted by Crippen LogP contribution is -2.54. The van der Waals surface area contributed by atoms with Crippen LogP contribution < -0.4 is 21.3 Å². The number of rotatable bonds is 13. The van der Waals surface area contributed by atoms with Gasteiger partial charge in [0.15, 0.2) is 22.4 Å². The van der Waals surface area contributed by atoms with E-state index in [1.807, 2.05) is 108 Å². The van der Waals surface area contributed by atoms with Crippen molar-refractivity contribution >= 4 is 40.1 Å². The van der Waals surface area contributed by atoms with Crippen molar-refractivity contribution in [3.8, 4) is 45.0 Å². The van der Waals surface area contributed by atoms with E-state index in [1.54, 1.807) is 12.1 Å². The smallest absolute Gasteiger partial charge is 0.252 e. The molecule has 7 rings (SSSR count). The zero-order chi connectivity index (χ0) is 42.1. The summed E-state index contributed by atoms with van der Waals surface area (Å²) >= 11 is 6.08. The van der Waals surface area contributed by atoms with E-state index in [-0.39, 0.29) is 23.5 Å². The number of furan rings is 1. The Morgan fingerprint density at radius 2 is 1.51 bits per heavy atom. The van der Waals surface area contributed by atoms with Gasteiger partial charge in [-0.25, -0.2) is 0 Å². The number of nitrogens with one attached hydrogen (secondary N) is 3. The number of hydrogen-bond donors (Lipinski definition) is 3. The van der Waals surface area contributed by atoms with Crippen LogP contribution in [-0.4, -0.2) is 41.1 Å². The highest BCUT2D eigenvalue weighted by molar-refractivity contribution is 6.29. The van der Waals surface area contributed by atoms with Crippen molar-refractivity contribution in [3.63, 3.8) is 0 Å². The van der Waals surface area contributed by atoms with Crippen LogP contribution in [0.25, 0.3) is 56.0 Å². The number of hydrogen-bond acceptors (Lipinski definition) is 8. The number of anilines is 1. The van der Waals surface area contributed by atoms with Crippen molar-refractivity contribution < 1.29 is 22.9 Å². The summed E-state index contributed by atoms with van der Waals surface area (Å²) in [5, 5.41) is 16.2. The molecular weight excluding hydrogens is 762 g/mol. The maximum atomic E-state index is 14.5. The molecule has 0 fully saturated rings. The summed E-state index contributed by atoms with van der Waals surface area (Å²) in [5.41, 5.74) is 7.37. The van der Waals surface area contributed by atoms with Gasteiger partial charge >= 0.3 is 0 Å². The molecule has 0 radical (unpaired) electrons. The van der Waals surface area contributed by atoms with Crippen LogP contribution in [0.5, 0.6) is 0 Å². The van der Waals surface area contributed by atoms with Crippen LogP contribution in [0.3, 0.4) is 0 Å². The largest absolute Gasteiger partial charge is 0.456 e. The molecule has 0 bridgehead atoms. The number of carbonyl (C=O) groups is 2. The number of amides is 2. The Balaban J connectivity index is 1.16. The highest BCUT2D eigenvalue weighted by atomic mass is 35.5. The SMILES string of the molecule is CC/N=c1\cc2oc3cc(NCC)c(C)cc3c(-c3ccccc3C(=O)NC(C)(C)CC(C)(C)NC(=O)Cc3onc(-c4ccc(Cl)o4)c3-c3ccccc3)c-2cc1C. The Morgan fingerprint density at radius 3 is 2.22 bits per heavy atom. The first-order chi connectivity index (χ1) is 28.2.